The van der Waals surface area contributed by atoms with Gasteiger partial charge in [0.05, 0.1) is 27.9 Å². The second-order valence-corrected chi connectivity index (χ2v) is 9.39. The van der Waals surface area contributed by atoms with Crippen molar-refractivity contribution >= 4 is 33.3 Å². The zero-order valence-corrected chi connectivity index (χ0v) is 18.1. The van der Waals surface area contributed by atoms with Gasteiger partial charge < -0.3 is 20.1 Å². The first kappa shape index (κ1) is 20.2. The maximum atomic E-state index is 11.7. The molecule has 2 N–H and O–H groups in total. The lowest BCUT2D eigenvalue weighted by atomic mass is 9.84. The van der Waals surface area contributed by atoms with E-state index in [-0.39, 0.29) is 12.0 Å². The zero-order valence-electron chi connectivity index (χ0n) is 17.3. The lowest BCUT2D eigenvalue weighted by Crippen LogP contribution is -2.48. The number of hydrogen-bond acceptors (Lipinski definition) is 7. The highest BCUT2D eigenvalue weighted by Crippen LogP contribution is 2.33. The van der Waals surface area contributed by atoms with E-state index in [1.54, 1.807) is 17.5 Å². The predicted molar refractivity (Wildman–Crippen MR) is 121 cm³/mol. The molecular formula is C23H26N4O3S. The lowest BCUT2D eigenvalue weighted by molar-refractivity contribution is -0.120. The molecule has 1 amide bonds. The molecule has 2 fully saturated rings. The first-order chi connectivity index (χ1) is 15.1. The number of ether oxygens (including phenoxy) is 1. The van der Waals surface area contributed by atoms with Gasteiger partial charge in [-0.25, -0.2) is 9.97 Å². The Bertz CT molecular complexity index is 1090. The maximum absolute atomic E-state index is 11.7. The molecule has 1 aromatic carbocycles. The number of nitrogens with one attached hydrogen (secondary N) is 1. The number of fused-ring (bicyclic) bond motifs is 1. The molecule has 2 aliphatic rings. The highest BCUT2D eigenvalue weighted by molar-refractivity contribution is 7.18. The molecule has 0 unspecified atom stereocenters. The van der Waals surface area contributed by atoms with Crippen LogP contribution < -0.4 is 15.0 Å². The Morgan fingerprint density at radius 2 is 2.06 bits per heavy atom. The van der Waals surface area contributed by atoms with E-state index in [0.29, 0.717) is 24.8 Å². The number of hydrogen-bond donors (Lipinski definition) is 2. The summed E-state index contributed by atoms with van der Waals surface area (Å²) in [5.74, 6) is 2.49. The number of thiazole rings is 1. The van der Waals surface area contributed by atoms with Crippen molar-refractivity contribution in [1.29, 1.82) is 0 Å². The summed E-state index contributed by atoms with van der Waals surface area (Å²) in [6.45, 7) is 1.66. The molecule has 3 aromatic rings. The summed E-state index contributed by atoms with van der Waals surface area (Å²) in [6, 6.07) is 9.61. The molecule has 2 aromatic heterocycles. The fraction of sp³-hybridized carbons (Fsp3) is 0.435. The summed E-state index contributed by atoms with van der Waals surface area (Å²) < 4.78 is 7.18. The van der Waals surface area contributed by atoms with E-state index in [0.717, 1.165) is 59.0 Å². The number of anilines is 1. The van der Waals surface area contributed by atoms with Gasteiger partial charge in [0, 0.05) is 37.8 Å². The Morgan fingerprint density at radius 3 is 2.94 bits per heavy atom. The van der Waals surface area contributed by atoms with Gasteiger partial charge in [0.2, 0.25) is 5.91 Å². The molecule has 3 heterocycles. The van der Waals surface area contributed by atoms with E-state index in [1.807, 2.05) is 35.2 Å². The molecule has 31 heavy (non-hydrogen) atoms. The van der Waals surface area contributed by atoms with Gasteiger partial charge in [0.25, 0.3) is 0 Å². The molecule has 1 aliphatic heterocycles. The highest BCUT2D eigenvalue weighted by Gasteiger charge is 2.24. The molecule has 1 aliphatic carbocycles. The molecule has 0 spiro atoms. The van der Waals surface area contributed by atoms with E-state index in [4.69, 9.17) is 9.72 Å². The van der Waals surface area contributed by atoms with Crippen LogP contribution >= 0.6 is 11.3 Å². The number of pyridine rings is 1. The number of nitrogens with zero attached hydrogens (tertiary/aromatic N) is 3. The second kappa shape index (κ2) is 8.80. The number of amides is 1. The van der Waals surface area contributed by atoms with Crippen molar-refractivity contribution in [3.63, 3.8) is 0 Å². The van der Waals surface area contributed by atoms with Crippen LogP contribution in [0.25, 0.3) is 10.2 Å². The zero-order chi connectivity index (χ0) is 21.2. The highest BCUT2D eigenvalue weighted by atomic mass is 32.1. The second-order valence-electron chi connectivity index (χ2n) is 8.28. The van der Waals surface area contributed by atoms with E-state index in [2.05, 4.69) is 10.3 Å². The van der Waals surface area contributed by atoms with Gasteiger partial charge in [-0.15, -0.1) is 11.3 Å². The molecule has 1 saturated carbocycles. The minimum absolute atomic E-state index is 0.00608. The van der Waals surface area contributed by atoms with Gasteiger partial charge in [-0.2, -0.15) is 0 Å². The van der Waals surface area contributed by atoms with Crippen LogP contribution in [0.1, 0.15) is 30.7 Å². The fourth-order valence-corrected chi connectivity index (χ4v) is 5.45. The summed E-state index contributed by atoms with van der Waals surface area (Å²) >= 11 is 1.68. The molecule has 7 nitrogen and oxygen atoms in total. The number of aliphatic hydroxyl groups is 1. The minimum Gasteiger partial charge on any atom is -0.457 e. The van der Waals surface area contributed by atoms with E-state index >= 15 is 0 Å². The third-order valence-electron chi connectivity index (χ3n) is 6.02. The van der Waals surface area contributed by atoms with Crippen molar-refractivity contribution in [2.75, 3.05) is 24.5 Å². The smallest absolute Gasteiger partial charge is 0.239 e. The molecule has 0 radical (unpaired) electrons. The average Bonchev–Trinajstić information content (AvgIpc) is 3.17. The molecule has 2 atom stereocenters. The number of carbonyl (C=O) groups excluding carboxylic acids is 1. The van der Waals surface area contributed by atoms with Gasteiger partial charge in [-0.1, -0.05) is 12.8 Å². The van der Waals surface area contributed by atoms with Crippen molar-refractivity contribution in [2.45, 2.75) is 38.2 Å². The van der Waals surface area contributed by atoms with Gasteiger partial charge in [0.15, 0.2) is 0 Å². The number of carbonyl (C=O) groups is 1. The normalized spacial score (nSPS) is 21.8. The maximum Gasteiger partial charge on any atom is 0.239 e. The predicted octanol–water partition coefficient (Wildman–Crippen LogP) is 3.51. The monoisotopic (exact) mass is 438 g/mol. The van der Waals surface area contributed by atoms with Crippen LogP contribution in [0.3, 0.4) is 0 Å². The number of aromatic nitrogens is 2. The van der Waals surface area contributed by atoms with Crippen LogP contribution in [0.5, 0.6) is 11.5 Å². The van der Waals surface area contributed by atoms with Crippen LogP contribution in [-0.2, 0) is 11.2 Å². The summed E-state index contributed by atoms with van der Waals surface area (Å²) in [7, 11) is 0. The molecule has 5 rings (SSSR count). The molecular weight excluding hydrogens is 412 g/mol. The van der Waals surface area contributed by atoms with E-state index in [9.17, 15) is 9.90 Å². The topological polar surface area (TPSA) is 87.6 Å². The first-order valence-electron chi connectivity index (χ1n) is 10.9. The Morgan fingerprint density at radius 1 is 1.19 bits per heavy atom. The van der Waals surface area contributed by atoms with Gasteiger partial charge in [0.1, 0.15) is 17.3 Å². The van der Waals surface area contributed by atoms with Crippen molar-refractivity contribution in [3.05, 3.63) is 41.5 Å². The number of benzene rings is 1. The van der Waals surface area contributed by atoms with Gasteiger partial charge >= 0.3 is 0 Å². The summed E-state index contributed by atoms with van der Waals surface area (Å²) in [5, 5.41) is 14.2. The van der Waals surface area contributed by atoms with Crippen molar-refractivity contribution in [3.8, 4) is 11.5 Å². The Kier molecular flexibility index (Phi) is 5.74. The molecule has 1 saturated heterocycles. The molecule has 8 heteroatoms. The van der Waals surface area contributed by atoms with Crippen molar-refractivity contribution in [1.82, 2.24) is 15.3 Å². The number of aliphatic hydroxyl groups excluding tert-OH is 1. The van der Waals surface area contributed by atoms with Crippen molar-refractivity contribution in [2.24, 2.45) is 5.92 Å². The minimum atomic E-state index is -0.202. The van der Waals surface area contributed by atoms with Crippen molar-refractivity contribution < 1.29 is 14.6 Å². The van der Waals surface area contributed by atoms with Crippen LogP contribution in [0.15, 0.2) is 36.5 Å². The number of rotatable bonds is 5. The van der Waals surface area contributed by atoms with Crippen LogP contribution in [0, 0.1) is 5.92 Å². The largest absolute Gasteiger partial charge is 0.457 e. The molecule has 0 bridgehead atoms. The van der Waals surface area contributed by atoms with Gasteiger partial charge in [-0.3, -0.25) is 4.79 Å². The van der Waals surface area contributed by atoms with Crippen LogP contribution in [-0.4, -0.2) is 46.7 Å². The van der Waals surface area contributed by atoms with Crippen LogP contribution in [0.4, 0.5) is 5.82 Å². The Hall–Kier alpha value is -2.71. The Balaban J connectivity index is 1.30. The van der Waals surface area contributed by atoms with Crippen LogP contribution in [0.2, 0.25) is 0 Å². The Labute approximate surface area is 185 Å². The van der Waals surface area contributed by atoms with E-state index in [1.165, 1.54) is 6.42 Å². The third kappa shape index (κ3) is 4.65. The summed E-state index contributed by atoms with van der Waals surface area (Å²) in [6.07, 6.45) is 6.65. The summed E-state index contributed by atoms with van der Waals surface area (Å²) in [4.78, 5) is 22.8. The molecule has 162 valence electrons. The standard InChI is InChI=1S/C23H26N4O3S/c28-19-4-2-1-3-15(19)11-23-26-18-6-5-16(12-20(18)31-23)30-17-7-8-24-21(13-17)27-10-9-25-22(29)14-27/h5-8,12-13,15,19,28H,1-4,9-11,14H2,(H,25,29)/t15-,19+/m0/s1. The lowest BCUT2D eigenvalue weighted by Gasteiger charge is -2.27. The fourth-order valence-electron chi connectivity index (χ4n) is 4.36. The van der Waals surface area contributed by atoms with Gasteiger partial charge in [-0.05, 0) is 37.0 Å². The SMILES string of the molecule is O=C1CN(c2cc(Oc3ccc4nc(C[C@@H]5CCCC[C@H]5O)sc4c3)ccn2)CCN1. The quantitative estimate of drug-likeness (QED) is 0.634. The summed E-state index contributed by atoms with van der Waals surface area (Å²) in [5.41, 5.74) is 0.965. The third-order valence-corrected chi connectivity index (χ3v) is 7.07. The average molecular weight is 439 g/mol. The first-order valence-corrected chi connectivity index (χ1v) is 11.7. The number of piperazine rings is 1. The van der Waals surface area contributed by atoms with E-state index < -0.39 is 0 Å².